The molecule has 0 amide bonds. The zero-order valence-electron chi connectivity index (χ0n) is 24.7. The SMILES string of the molecule is CCOC(=O)C1=C(c2ccccc2)N=c2sc(=Cc3cc(C)n(-c4ccc(C(=O)O)cc4)c3C)c(=O)n2C1c1ccc(F)cc1. The zero-order chi connectivity index (χ0) is 31.8. The van der Waals surface area contributed by atoms with Gasteiger partial charge in [-0.1, -0.05) is 53.8 Å². The number of rotatable bonds is 7. The standard InChI is InChI=1S/C35H28FN3O5S/c1-4-44-34(43)29-30(22-8-6-5-7-9-22)37-35-39(31(29)23-10-14-26(36)15-11-23)32(40)28(45-35)19-25-18-20(2)38(21(25)3)27-16-12-24(13-17-27)33(41)42/h5-19,31H,4H2,1-3H3,(H,41,42). The van der Waals surface area contributed by atoms with Crippen molar-refractivity contribution in [2.24, 2.45) is 4.99 Å². The molecule has 10 heteroatoms. The first kappa shape index (κ1) is 29.7. The molecular weight excluding hydrogens is 593 g/mol. The van der Waals surface area contributed by atoms with Crippen molar-refractivity contribution >= 4 is 35.0 Å². The molecule has 0 radical (unpaired) electrons. The number of thiazole rings is 1. The maximum atomic E-state index is 14.2. The number of halogens is 1. The van der Waals surface area contributed by atoms with Crippen LogP contribution in [0.3, 0.4) is 0 Å². The van der Waals surface area contributed by atoms with E-state index in [1.807, 2.05) is 54.8 Å². The summed E-state index contributed by atoms with van der Waals surface area (Å²) in [4.78, 5) is 44.3. The summed E-state index contributed by atoms with van der Waals surface area (Å²) in [6, 6.07) is 22.6. The molecule has 1 aliphatic heterocycles. The Hall–Kier alpha value is -5.35. The molecule has 0 aliphatic carbocycles. The Morgan fingerprint density at radius 1 is 1.02 bits per heavy atom. The van der Waals surface area contributed by atoms with Crippen molar-refractivity contribution in [1.29, 1.82) is 0 Å². The highest BCUT2D eigenvalue weighted by molar-refractivity contribution is 7.07. The van der Waals surface area contributed by atoms with Gasteiger partial charge in [0.15, 0.2) is 4.80 Å². The van der Waals surface area contributed by atoms with Gasteiger partial charge in [0.25, 0.3) is 5.56 Å². The smallest absolute Gasteiger partial charge is 0.338 e. The summed E-state index contributed by atoms with van der Waals surface area (Å²) < 4.78 is 23.4. The monoisotopic (exact) mass is 621 g/mol. The number of aromatic nitrogens is 2. The van der Waals surface area contributed by atoms with Crippen LogP contribution >= 0.6 is 11.3 Å². The van der Waals surface area contributed by atoms with Crippen molar-refractivity contribution in [2.45, 2.75) is 26.8 Å². The number of aromatic carboxylic acids is 1. The molecule has 226 valence electrons. The second-order valence-corrected chi connectivity index (χ2v) is 11.5. The number of benzene rings is 3. The topological polar surface area (TPSA) is 103 Å². The van der Waals surface area contributed by atoms with Crippen LogP contribution in [0.4, 0.5) is 4.39 Å². The molecule has 3 aromatic carbocycles. The Balaban J connectivity index is 1.56. The molecule has 2 aromatic heterocycles. The van der Waals surface area contributed by atoms with Crippen molar-refractivity contribution < 1.29 is 23.8 Å². The third-order valence-electron chi connectivity index (χ3n) is 7.69. The average molecular weight is 622 g/mol. The number of carbonyl (C=O) groups excluding carboxylic acids is 1. The number of carboxylic acids is 1. The fraction of sp³-hybridized carbons (Fsp3) is 0.143. The molecule has 0 saturated carbocycles. The van der Waals surface area contributed by atoms with Gasteiger partial charge in [0.05, 0.1) is 34.0 Å². The Kier molecular flexibility index (Phi) is 7.90. The van der Waals surface area contributed by atoms with E-state index in [1.165, 1.54) is 28.0 Å². The van der Waals surface area contributed by atoms with Crippen LogP contribution in [0.15, 0.2) is 100 Å². The van der Waals surface area contributed by atoms with Gasteiger partial charge in [-0.05, 0) is 80.4 Å². The third kappa shape index (κ3) is 5.44. The van der Waals surface area contributed by atoms with E-state index in [4.69, 9.17) is 9.73 Å². The molecule has 0 saturated heterocycles. The van der Waals surface area contributed by atoms with Crippen LogP contribution in [-0.4, -0.2) is 32.8 Å². The molecule has 0 fully saturated rings. The molecule has 8 nitrogen and oxygen atoms in total. The van der Waals surface area contributed by atoms with Gasteiger partial charge in [-0.15, -0.1) is 0 Å². The summed E-state index contributed by atoms with van der Waals surface area (Å²) in [6.45, 7) is 5.69. The van der Waals surface area contributed by atoms with E-state index in [9.17, 15) is 23.9 Å². The lowest BCUT2D eigenvalue weighted by atomic mass is 9.93. The highest BCUT2D eigenvalue weighted by Gasteiger charge is 2.35. The van der Waals surface area contributed by atoms with Gasteiger partial charge in [0.1, 0.15) is 5.82 Å². The lowest BCUT2D eigenvalue weighted by Gasteiger charge is -2.25. The highest BCUT2D eigenvalue weighted by Crippen LogP contribution is 2.35. The average Bonchev–Trinajstić information content (AvgIpc) is 3.50. The summed E-state index contributed by atoms with van der Waals surface area (Å²) >= 11 is 1.20. The van der Waals surface area contributed by atoms with E-state index in [0.717, 1.165) is 22.6 Å². The highest BCUT2D eigenvalue weighted by atomic mass is 32.1. The molecule has 1 aliphatic rings. The number of nitrogens with zero attached hydrogens (tertiary/aromatic N) is 3. The van der Waals surface area contributed by atoms with Crippen molar-refractivity contribution in [3.05, 3.63) is 150 Å². The Bertz CT molecular complexity index is 2160. The first-order valence-electron chi connectivity index (χ1n) is 14.2. The zero-order valence-corrected chi connectivity index (χ0v) is 25.5. The number of ether oxygens (including phenoxy) is 1. The lowest BCUT2D eigenvalue weighted by Crippen LogP contribution is -2.40. The van der Waals surface area contributed by atoms with Crippen LogP contribution in [0, 0.1) is 19.7 Å². The first-order chi connectivity index (χ1) is 21.7. The van der Waals surface area contributed by atoms with Gasteiger partial charge in [-0.3, -0.25) is 9.36 Å². The van der Waals surface area contributed by atoms with Gasteiger partial charge < -0.3 is 14.4 Å². The van der Waals surface area contributed by atoms with Crippen LogP contribution < -0.4 is 14.9 Å². The lowest BCUT2D eigenvalue weighted by molar-refractivity contribution is -0.138. The van der Waals surface area contributed by atoms with Gasteiger partial charge >= 0.3 is 11.9 Å². The normalized spacial score (nSPS) is 14.7. The molecule has 45 heavy (non-hydrogen) atoms. The number of esters is 1. The number of carboxylic acid groups (broad SMARTS) is 1. The van der Waals surface area contributed by atoms with Crippen molar-refractivity contribution in [3.8, 4) is 5.69 Å². The first-order valence-corrected chi connectivity index (χ1v) is 15.1. The Labute approximate surface area is 261 Å². The second kappa shape index (κ2) is 12.0. The van der Waals surface area contributed by atoms with Crippen LogP contribution in [0.1, 0.15) is 51.4 Å². The number of aryl methyl sites for hydroxylation is 1. The Morgan fingerprint density at radius 2 is 1.71 bits per heavy atom. The summed E-state index contributed by atoms with van der Waals surface area (Å²) in [5.74, 6) is -2.05. The summed E-state index contributed by atoms with van der Waals surface area (Å²) in [7, 11) is 0. The summed E-state index contributed by atoms with van der Waals surface area (Å²) in [5, 5.41) is 9.28. The maximum absolute atomic E-state index is 14.2. The molecule has 6 rings (SSSR count). The van der Waals surface area contributed by atoms with E-state index >= 15 is 0 Å². The molecule has 5 aromatic rings. The molecule has 0 spiro atoms. The largest absolute Gasteiger partial charge is 0.478 e. The molecule has 0 bridgehead atoms. The van der Waals surface area contributed by atoms with Gasteiger partial charge in [0, 0.05) is 22.6 Å². The second-order valence-electron chi connectivity index (χ2n) is 10.5. The van der Waals surface area contributed by atoms with Gasteiger partial charge in [0.2, 0.25) is 0 Å². The van der Waals surface area contributed by atoms with Crippen molar-refractivity contribution in [3.63, 3.8) is 0 Å². The number of hydrogen-bond acceptors (Lipinski definition) is 6. The van der Waals surface area contributed by atoms with Crippen LogP contribution in [0.5, 0.6) is 0 Å². The molecular formula is C35H28FN3O5S. The predicted molar refractivity (Wildman–Crippen MR) is 170 cm³/mol. The minimum absolute atomic E-state index is 0.125. The molecule has 3 heterocycles. The van der Waals surface area contributed by atoms with E-state index in [1.54, 1.807) is 49.4 Å². The number of hydrogen-bond donors (Lipinski definition) is 1. The third-order valence-corrected chi connectivity index (χ3v) is 8.67. The van der Waals surface area contributed by atoms with Crippen LogP contribution in [0.25, 0.3) is 17.5 Å². The maximum Gasteiger partial charge on any atom is 0.338 e. The molecule has 1 N–H and O–H groups in total. The van der Waals surface area contributed by atoms with E-state index in [2.05, 4.69) is 0 Å². The van der Waals surface area contributed by atoms with Crippen LogP contribution in [-0.2, 0) is 9.53 Å². The minimum Gasteiger partial charge on any atom is -0.478 e. The predicted octanol–water partition coefficient (Wildman–Crippen LogP) is 5.18. The molecule has 1 unspecified atom stereocenters. The quantitative estimate of drug-likeness (QED) is 0.253. The van der Waals surface area contributed by atoms with E-state index < -0.39 is 23.8 Å². The minimum atomic E-state index is -1.00. The van der Waals surface area contributed by atoms with Gasteiger partial charge in [-0.25, -0.2) is 19.0 Å². The van der Waals surface area contributed by atoms with Gasteiger partial charge in [-0.2, -0.15) is 0 Å². The number of fused-ring (bicyclic) bond motifs is 1. The Morgan fingerprint density at radius 3 is 2.36 bits per heavy atom. The van der Waals surface area contributed by atoms with E-state index in [-0.39, 0.29) is 23.3 Å². The van der Waals surface area contributed by atoms with Crippen molar-refractivity contribution in [1.82, 2.24) is 9.13 Å². The number of carbonyl (C=O) groups is 2. The summed E-state index contributed by atoms with van der Waals surface area (Å²) in [6.07, 6.45) is 1.80. The fourth-order valence-corrected chi connectivity index (χ4v) is 6.62. The van der Waals surface area contributed by atoms with Crippen molar-refractivity contribution in [2.75, 3.05) is 6.61 Å². The fourth-order valence-electron chi connectivity index (χ4n) is 5.63. The van der Waals surface area contributed by atoms with E-state index in [0.29, 0.717) is 26.2 Å². The van der Waals surface area contributed by atoms with Crippen LogP contribution in [0.2, 0.25) is 0 Å². The molecule has 1 atom stereocenters. The summed E-state index contributed by atoms with van der Waals surface area (Å²) in [5.41, 5.74) is 4.98.